The van der Waals surface area contributed by atoms with Gasteiger partial charge in [0.05, 0.1) is 6.26 Å². The maximum Gasteiger partial charge on any atom is 0.134 e. The summed E-state index contributed by atoms with van der Waals surface area (Å²) in [7, 11) is 0. The lowest BCUT2D eigenvalue weighted by atomic mass is 10.1. The van der Waals surface area contributed by atoms with Gasteiger partial charge < -0.3 is 9.73 Å². The van der Waals surface area contributed by atoms with Crippen LogP contribution in [0.1, 0.15) is 12.5 Å². The van der Waals surface area contributed by atoms with Gasteiger partial charge in [0.2, 0.25) is 0 Å². The summed E-state index contributed by atoms with van der Waals surface area (Å²) in [5.74, 6) is 0.457. The van der Waals surface area contributed by atoms with Crippen molar-refractivity contribution in [1.29, 1.82) is 0 Å². The Bertz CT molecular complexity index is 451. The Morgan fingerprint density at radius 2 is 2.19 bits per heavy atom. The molecule has 0 amide bonds. The summed E-state index contributed by atoms with van der Waals surface area (Å²) in [5.41, 5.74) is 1.85. The van der Waals surface area contributed by atoms with E-state index in [1.807, 2.05) is 13.0 Å². The summed E-state index contributed by atoms with van der Waals surface area (Å²) in [6, 6.07) is 8.40. The van der Waals surface area contributed by atoms with Crippen molar-refractivity contribution < 1.29 is 8.81 Å². The molecule has 16 heavy (non-hydrogen) atoms. The third-order valence-electron chi connectivity index (χ3n) is 2.42. The quantitative estimate of drug-likeness (QED) is 0.854. The first-order valence-electron chi connectivity index (χ1n) is 5.34. The topological polar surface area (TPSA) is 25.2 Å². The van der Waals surface area contributed by atoms with Crippen molar-refractivity contribution in [2.45, 2.75) is 13.5 Å². The van der Waals surface area contributed by atoms with Crippen LogP contribution in [0, 0.1) is 5.82 Å². The normalized spacial score (nSPS) is 10.6. The summed E-state index contributed by atoms with van der Waals surface area (Å²) in [6.45, 7) is 3.64. The first kappa shape index (κ1) is 10.9. The lowest BCUT2D eigenvalue weighted by Gasteiger charge is -2.08. The smallest absolute Gasteiger partial charge is 0.134 e. The standard InChI is InChI=1S/C13H14FNO/c1-2-15-9-10-5-6-11(14)8-12(10)13-4-3-7-16-13/h3-8,15H,2,9H2,1H3. The molecule has 0 bridgehead atoms. The van der Waals surface area contributed by atoms with Gasteiger partial charge >= 0.3 is 0 Å². The van der Waals surface area contributed by atoms with Crippen LogP contribution >= 0.6 is 0 Å². The summed E-state index contributed by atoms with van der Waals surface area (Å²) >= 11 is 0. The molecule has 3 heteroatoms. The molecule has 0 radical (unpaired) electrons. The highest BCUT2D eigenvalue weighted by molar-refractivity contribution is 5.62. The van der Waals surface area contributed by atoms with Gasteiger partial charge in [0.25, 0.3) is 0 Å². The van der Waals surface area contributed by atoms with Crippen LogP contribution in [0.4, 0.5) is 4.39 Å². The van der Waals surface area contributed by atoms with Crippen LogP contribution in [0.2, 0.25) is 0 Å². The Morgan fingerprint density at radius 1 is 1.31 bits per heavy atom. The van der Waals surface area contributed by atoms with Crippen LogP contribution < -0.4 is 5.32 Å². The predicted molar refractivity (Wildman–Crippen MR) is 61.5 cm³/mol. The highest BCUT2D eigenvalue weighted by atomic mass is 19.1. The molecule has 0 aliphatic carbocycles. The van der Waals surface area contributed by atoms with Crippen molar-refractivity contribution in [3.8, 4) is 11.3 Å². The third-order valence-corrected chi connectivity index (χ3v) is 2.42. The van der Waals surface area contributed by atoms with Crippen LogP contribution in [0.3, 0.4) is 0 Å². The predicted octanol–water partition coefficient (Wildman–Crippen LogP) is 3.20. The van der Waals surface area contributed by atoms with Crippen molar-refractivity contribution >= 4 is 0 Å². The summed E-state index contributed by atoms with van der Waals surface area (Å²) in [5, 5.41) is 3.22. The van der Waals surface area contributed by atoms with Crippen LogP contribution in [0.15, 0.2) is 41.0 Å². The Kier molecular flexibility index (Phi) is 3.37. The molecule has 1 N–H and O–H groups in total. The highest BCUT2D eigenvalue weighted by Gasteiger charge is 2.08. The summed E-state index contributed by atoms with van der Waals surface area (Å²) in [6.07, 6.45) is 1.59. The van der Waals surface area contributed by atoms with Gasteiger partial charge in [-0.25, -0.2) is 4.39 Å². The molecule has 1 heterocycles. The van der Waals surface area contributed by atoms with E-state index in [1.54, 1.807) is 18.4 Å². The van der Waals surface area contributed by atoms with E-state index in [2.05, 4.69) is 5.32 Å². The Morgan fingerprint density at radius 3 is 2.88 bits per heavy atom. The molecule has 0 saturated carbocycles. The fraction of sp³-hybridized carbons (Fsp3) is 0.231. The molecular formula is C13H14FNO. The van der Waals surface area contributed by atoms with Gasteiger partial charge in [-0.2, -0.15) is 0 Å². The second-order valence-electron chi connectivity index (χ2n) is 3.56. The van der Waals surface area contributed by atoms with E-state index in [0.717, 1.165) is 17.7 Å². The molecule has 0 saturated heterocycles. The van der Waals surface area contributed by atoms with E-state index in [9.17, 15) is 4.39 Å². The minimum atomic E-state index is -0.244. The maximum atomic E-state index is 13.2. The maximum absolute atomic E-state index is 13.2. The van der Waals surface area contributed by atoms with Gasteiger partial charge in [0, 0.05) is 12.1 Å². The summed E-state index contributed by atoms with van der Waals surface area (Å²) in [4.78, 5) is 0. The molecule has 0 aliphatic heterocycles. The number of benzene rings is 1. The average molecular weight is 219 g/mol. The lowest BCUT2D eigenvalue weighted by Crippen LogP contribution is -2.12. The van der Waals surface area contributed by atoms with Crippen LogP contribution in [0.25, 0.3) is 11.3 Å². The zero-order chi connectivity index (χ0) is 11.4. The van der Waals surface area contributed by atoms with Crippen LogP contribution in [-0.2, 0) is 6.54 Å². The molecule has 84 valence electrons. The summed E-state index contributed by atoms with van der Waals surface area (Å²) < 4.78 is 18.5. The zero-order valence-corrected chi connectivity index (χ0v) is 9.16. The highest BCUT2D eigenvalue weighted by Crippen LogP contribution is 2.25. The molecule has 1 aromatic carbocycles. The molecule has 2 rings (SSSR count). The minimum Gasteiger partial charge on any atom is -0.464 e. The van der Waals surface area contributed by atoms with Crippen molar-refractivity contribution in [1.82, 2.24) is 5.32 Å². The molecule has 0 aliphatic rings. The van der Waals surface area contributed by atoms with Crippen LogP contribution in [-0.4, -0.2) is 6.54 Å². The van der Waals surface area contributed by atoms with Crippen molar-refractivity contribution in [3.63, 3.8) is 0 Å². The van der Waals surface area contributed by atoms with Gasteiger partial charge in [-0.05, 0) is 36.4 Å². The number of halogens is 1. The number of furan rings is 1. The fourth-order valence-corrected chi connectivity index (χ4v) is 1.62. The van der Waals surface area contributed by atoms with Gasteiger partial charge in [-0.15, -0.1) is 0 Å². The number of hydrogen-bond donors (Lipinski definition) is 1. The first-order chi connectivity index (χ1) is 7.81. The van der Waals surface area contributed by atoms with Gasteiger partial charge in [0.15, 0.2) is 0 Å². The second kappa shape index (κ2) is 4.94. The molecule has 0 atom stereocenters. The molecule has 0 unspecified atom stereocenters. The van der Waals surface area contributed by atoms with E-state index < -0.39 is 0 Å². The molecule has 0 fully saturated rings. The van der Waals surface area contributed by atoms with Gasteiger partial charge in [0.1, 0.15) is 11.6 Å². The lowest BCUT2D eigenvalue weighted by molar-refractivity contribution is 0.578. The van der Waals surface area contributed by atoms with E-state index in [0.29, 0.717) is 12.3 Å². The Labute approximate surface area is 94.1 Å². The SMILES string of the molecule is CCNCc1ccc(F)cc1-c1ccco1. The van der Waals surface area contributed by atoms with E-state index in [-0.39, 0.29) is 5.82 Å². The molecule has 2 aromatic rings. The van der Waals surface area contributed by atoms with Crippen molar-refractivity contribution in [2.75, 3.05) is 6.54 Å². The van der Waals surface area contributed by atoms with Gasteiger partial charge in [-0.3, -0.25) is 0 Å². The third kappa shape index (κ3) is 2.31. The second-order valence-corrected chi connectivity index (χ2v) is 3.56. The van der Waals surface area contributed by atoms with E-state index in [4.69, 9.17) is 4.42 Å². The van der Waals surface area contributed by atoms with Crippen LogP contribution in [0.5, 0.6) is 0 Å². The molecule has 2 nitrogen and oxygen atoms in total. The Balaban J connectivity index is 2.37. The van der Waals surface area contributed by atoms with E-state index >= 15 is 0 Å². The number of nitrogens with one attached hydrogen (secondary N) is 1. The number of hydrogen-bond acceptors (Lipinski definition) is 2. The molecular weight excluding hydrogens is 205 g/mol. The van der Waals surface area contributed by atoms with Crippen molar-refractivity contribution in [3.05, 3.63) is 48.0 Å². The molecule has 0 spiro atoms. The van der Waals surface area contributed by atoms with E-state index in [1.165, 1.54) is 12.1 Å². The van der Waals surface area contributed by atoms with Gasteiger partial charge in [-0.1, -0.05) is 13.0 Å². The minimum absolute atomic E-state index is 0.244. The average Bonchev–Trinajstić information content (AvgIpc) is 2.80. The Hall–Kier alpha value is -1.61. The van der Waals surface area contributed by atoms with Crippen molar-refractivity contribution in [2.24, 2.45) is 0 Å². The zero-order valence-electron chi connectivity index (χ0n) is 9.16. The largest absolute Gasteiger partial charge is 0.464 e. The number of rotatable bonds is 4. The molecule has 1 aromatic heterocycles. The first-order valence-corrected chi connectivity index (χ1v) is 5.34. The fourth-order valence-electron chi connectivity index (χ4n) is 1.62. The monoisotopic (exact) mass is 219 g/mol.